The van der Waals surface area contributed by atoms with Gasteiger partial charge in [0.25, 0.3) is 0 Å². The second-order valence-corrected chi connectivity index (χ2v) is 5.33. The first-order valence-corrected chi connectivity index (χ1v) is 7.68. The van der Waals surface area contributed by atoms with Gasteiger partial charge < -0.3 is 19.8 Å². The number of hydrogen-bond donors (Lipinski definition) is 0. The maximum Gasteiger partial charge on any atom is 2.00 e. The summed E-state index contributed by atoms with van der Waals surface area (Å²) >= 11 is 0. The SMILES string of the molecule is O=C([O-])c1ccnc2ccccc12.O=C([O-])c1ccnc2ccccc12.[Cu+2]. The van der Waals surface area contributed by atoms with E-state index in [0.717, 1.165) is 0 Å². The van der Waals surface area contributed by atoms with Crippen LogP contribution in [0.2, 0.25) is 0 Å². The van der Waals surface area contributed by atoms with Gasteiger partial charge in [0.2, 0.25) is 0 Å². The second-order valence-electron chi connectivity index (χ2n) is 5.33. The zero-order valence-corrected chi connectivity index (χ0v) is 14.7. The van der Waals surface area contributed by atoms with E-state index in [9.17, 15) is 19.8 Å². The van der Waals surface area contributed by atoms with Crippen molar-refractivity contribution < 1.29 is 36.9 Å². The van der Waals surface area contributed by atoms with Crippen LogP contribution in [0.4, 0.5) is 0 Å². The van der Waals surface area contributed by atoms with Gasteiger partial charge in [-0.2, -0.15) is 0 Å². The van der Waals surface area contributed by atoms with Gasteiger partial charge in [-0.25, -0.2) is 0 Å². The summed E-state index contributed by atoms with van der Waals surface area (Å²) in [6, 6.07) is 17.0. The van der Waals surface area contributed by atoms with E-state index in [4.69, 9.17) is 0 Å². The van der Waals surface area contributed by atoms with Gasteiger partial charge in [0.05, 0.1) is 23.0 Å². The molecule has 0 aliphatic carbocycles. The van der Waals surface area contributed by atoms with Crippen LogP contribution in [0.15, 0.2) is 73.1 Å². The molecule has 0 saturated carbocycles. The summed E-state index contributed by atoms with van der Waals surface area (Å²) in [6.07, 6.45) is 2.93. The van der Waals surface area contributed by atoms with Crippen LogP contribution in [0.1, 0.15) is 20.7 Å². The number of hydrogen-bond acceptors (Lipinski definition) is 6. The van der Waals surface area contributed by atoms with Crippen LogP contribution < -0.4 is 10.2 Å². The van der Waals surface area contributed by atoms with Gasteiger partial charge in [0.15, 0.2) is 0 Å². The molecule has 0 aliphatic heterocycles. The summed E-state index contributed by atoms with van der Waals surface area (Å²) in [5, 5.41) is 22.6. The Kier molecular flexibility index (Phi) is 6.60. The van der Waals surface area contributed by atoms with Gasteiger partial charge in [-0.05, 0) is 24.3 Å². The largest absolute Gasteiger partial charge is 2.00 e. The van der Waals surface area contributed by atoms with Gasteiger partial charge in [-0.15, -0.1) is 0 Å². The molecule has 0 amide bonds. The van der Waals surface area contributed by atoms with E-state index in [1.54, 1.807) is 36.4 Å². The van der Waals surface area contributed by atoms with Crippen LogP contribution in [-0.2, 0) is 17.1 Å². The zero-order chi connectivity index (χ0) is 18.5. The number of benzene rings is 2. The summed E-state index contributed by atoms with van der Waals surface area (Å²) in [6.45, 7) is 0. The molecule has 0 bridgehead atoms. The fourth-order valence-corrected chi connectivity index (χ4v) is 2.55. The Hall–Kier alpha value is -3.28. The van der Waals surface area contributed by atoms with Crippen molar-refractivity contribution >= 4 is 33.7 Å². The van der Waals surface area contributed by atoms with Crippen molar-refractivity contribution in [1.82, 2.24) is 9.97 Å². The normalized spacial score (nSPS) is 9.78. The minimum Gasteiger partial charge on any atom is -0.545 e. The van der Waals surface area contributed by atoms with Crippen LogP contribution in [0.3, 0.4) is 0 Å². The van der Waals surface area contributed by atoms with Crippen LogP contribution in [0.25, 0.3) is 21.8 Å². The van der Waals surface area contributed by atoms with E-state index in [0.29, 0.717) is 21.8 Å². The summed E-state index contributed by atoms with van der Waals surface area (Å²) < 4.78 is 0. The van der Waals surface area contributed by atoms with Gasteiger partial charge in [0.1, 0.15) is 0 Å². The first-order chi connectivity index (χ1) is 12.6. The van der Waals surface area contributed by atoms with Gasteiger partial charge in [-0.3, -0.25) is 9.97 Å². The third-order valence-electron chi connectivity index (χ3n) is 3.74. The van der Waals surface area contributed by atoms with Crippen LogP contribution in [0, 0.1) is 0 Å². The van der Waals surface area contributed by atoms with Crippen LogP contribution >= 0.6 is 0 Å². The van der Waals surface area contributed by atoms with Crippen molar-refractivity contribution in [3.63, 3.8) is 0 Å². The van der Waals surface area contributed by atoms with E-state index in [1.165, 1.54) is 24.5 Å². The summed E-state index contributed by atoms with van der Waals surface area (Å²) in [5.74, 6) is -2.34. The number of carboxylic acids is 2. The molecule has 0 spiro atoms. The first kappa shape index (κ1) is 20.0. The average Bonchev–Trinajstić information content (AvgIpc) is 2.67. The van der Waals surface area contributed by atoms with Crippen molar-refractivity contribution in [3.8, 4) is 0 Å². The van der Waals surface area contributed by atoms with Gasteiger partial charge >= 0.3 is 17.1 Å². The molecule has 6 nitrogen and oxygen atoms in total. The average molecular weight is 408 g/mol. The Morgan fingerprint density at radius 1 is 0.630 bits per heavy atom. The molecule has 0 saturated heterocycles. The number of rotatable bonds is 2. The minimum atomic E-state index is -1.17. The molecule has 2 aromatic carbocycles. The van der Waals surface area contributed by atoms with Gasteiger partial charge in [0, 0.05) is 34.3 Å². The molecule has 0 aliphatic rings. The molecule has 2 heterocycles. The molecular weight excluding hydrogens is 396 g/mol. The summed E-state index contributed by atoms with van der Waals surface area (Å²) in [4.78, 5) is 29.4. The number of pyridine rings is 2. The summed E-state index contributed by atoms with van der Waals surface area (Å²) in [7, 11) is 0. The Balaban J connectivity index is 0.000000187. The Bertz CT molecular complexity index is 1020. The monoisotopic (exact) mass is 407 g/mol. The molecule has 4 rings (SSSR count). The minimum absolute atomic E-state index is 0. The molecule has 0 unspecified atom stereocenters. The van der Waals surface area contributed by atoms with Crippen molar-refractivity contribution in [3.05, 3.63) is 84.2 Å². The Labute approximate surface area is 165 Å². The predicted octanol–water partition coefficient (Wildman–Crippen LogP) is 1.19. The van der Waals surface area contributed by atoms with Crippen molar-refractivity contribution in [2.75, 3.05) is 0 Å². The summed E-state index contributed by atoms with van der Waals surface area (Å²) in [5.41, 5.74) is 1.71. The third-order valence-corrected chi connectivity index (χ3v) is 3.74. The maximum absolute atomic E-state index is 10.7. The molecule has 4 aromatic rings. The number of carboxylic acid groups (broad SMARTS) is 2. The zero-order valence-electron chi connectivity index (χ0n) is 13.8. The number of para-hydroxylation sites is 2. The molecule has 27 heavy (non-hydrogen) atoms. The number of nitrogens with zero attached hydrogens (tertiary/aromatic N) is 2. The van der Waals surface area contributed by atoms with Crippen LogP contribution in [-0.4, -0.2) is 21.9 Å². The fraction of sp³-hybridized carbons (Fsp3) is 0. The van der Waals surface area contributed by atoms with Crippen molar-refractivity contribution in [2.24, 2.45) is 0 Å². The number of aromatic carboxylic acids is 2. The second kappa shape index (κ2) is 8.89. The van der Waals surface area contributed by atoms with Gasteiger partial charge in [-0.1, -0.05) is 36.4 Å². The molecule has 2 aromatic heterocycles. The van der Waals surface area contributed by atoms with E-state index >= 15 is 0 Å². The van der Waals surface area contributed by atoms with Crippen LogP contribution in [0.5, 0.6) is 0 Å². The fourth-order valence-electron chi connectivity index (χ4n) is 2.55. The molecule has 0 atom stereocenters. The number of carbonyl (C=O) groups excluding carboxylic acids is 2. The van der Waals surface area contributed by atoms with E-state index in [-0.39, 0.29) is 28.2 Å². The maximum atomic E-state index is 10.7. The Morgan fingerprint density at radius 2 is 1.00 bits per heavy atom. The smallest absolute Gasteiger partial charge is 0.545 e. The first-order valence-electron chi connectivity index (χ1n) is 7.68. The predicted molar refractivity (Wildman–Crippen MR) is 92.1 cm³/mol. The standard InChI is InChI=1S/2C10H7NO2.Cu/c2*12-10(13)8-5-6-11-9-4-2-1-3-7(8)9;/h2*1-6H,(H,12,13);/q;;+2/p-2. The molecule has 137 valence electrons. The molecule has 7 heteroatoms. The number of aromatic nitrogens is 2. The molecule has 1 radical (unpaired) electrons. The molecule has 0 fully saturated rings. The Morgan fingerprint density at radius 3 is 1.37 bits per heavy atom. The topological polar surface area (TPSA) is 106 Å². The molecule has 0 N–H and O–H groups in total. The van der Waals surface area contributed by atoms with E-state index < -0.39 is 11.9 Å². The van der Waals surface area contributed by atoms with E-state index in [1.807, 2.05) is 12.1 Å². The molecular formula is C20H12CuN2O4. The van der Waals surface area contributed by atoms with Crippen molar-refractivity contribution in [1.29, 1.82) is 0 Å². The van der Waals surface area contributed by atoms with Crippen molar-refractivity contribution in [2.45, 2.75) is 0 Å². The quantitative estimate of drug-likeness (QED) is 0.462. The number of fused-ring (bicyclic) bond motifs is 2. The number of carbonyl (C=O) groups is 2. The van der Waals surface area contributed by atoms with E-state index in [2.05, 4.69) is 9.97 Å². The third kappa shape index (κ3) is 4.47.